The Morgan fingerprint density at radius 1 is 1.05 bits per heavy atom. The summed E-state index contributed by atoms with van der Waals surface area (Å²) in [5, 5.41) is 6.82. The van der Waals surface area contributed by atoms with Crippen molar-refractivity contribution in [1.29, 1.82) is 0 Å². The minimum absolute atomic E-state index is 0.425. The molecular weight excluding hydrogens is 248 g/mol. The second-order valence-electron chi connectivity index (χ2n) is 6.16. The van der Waals surface area contributed by atoms with Crippen molar-refractivity contribution in [2.75, 3.05) is 23.7 Å². The predicted molar refractivity (Wildman–Crippen MR) is 85.3 cm³/mol. The molecule has 0 saturated heterocycles. The Kier molecular flexibility index (Phi) is 5.21. The number of hydrogen-bond donors (Lipinski definition) is 2. The van der Waals surface area contributed by atoms with Crippen molar-refractivity contribution in [1.82, 2.24) is 9.97 Å². The Bertz CT molecular complexity index is 424. The summed E-state index contributed by atoms with van der Waals surface area (Å²) in [5.74, 6) is 2.79. The molecule has 0 bridgehead atoms. The summed E-state index contributed by atoms with van der Waals surface area (Å²) >= 11 is 0. The molecule has 1 heterocycles. The van der Waals surface area contributed by atoms with E-state index in [9.17, 15) is 0 Å². The highest BCUT2D eigenvalue weighted by molar-refractivity contribution is 5.47. The Morgan fingerprint density at radius 2 is 1.70 bits per heavy atom. The molecule has 0 aromatic carbocycles. The van der Waals surface area contributed by atoms with Crippen LogP contribution in [0.25, 0.3) is 0 Å². The first kappa shape index (κ1) is 15.1. The van der Waals surface area contributed by atoms with Crippen LogP contribution in [0.15, 0.2) is 6.07 Å². The highest BCUT2D eigenvalue weighted by Gasteiger charge is 2.26. The van der Waals surface area contributed by atoms with E-state index in [1.165, 1.54) is 32.1 Å². The fourth-order valence-corrected chi connectivity index (χ4v) is 2.90. The first-order valence-electron chi connectivity index (χ1n) is 8.01. The van der Waals surface area contributed by atoms with Crippen LogP contribution >= 0.6 is 0 Å². The maximum atomic E-state index is 4.59. The average Bonchev–Trinajstić information content (AvgIpc) is 2.46. The van der Waals surface area contributed by atoms with E-state index in [1.807, 2.05) is 6.07 Å². The molecule has 1 fully saturated rings. The van der Waals surface area contributed by atoms with Gasteiger partial charge in [0.05, 0.1) is 0 Å². The third-order valence-corrected chi connectivity index (χ3v) is 4.20. The van der Waals surface area contributed by atoms with Crippen molar-refractivity contribution < 1.29 is 0 Å². The maximum Gasteiger partial charge on any atom is 0.132 e. The molecule has 1 aromatic heterocycles. The standard InChI is InChI=1S/C16H28N4/c1-4-13-19-14(17-5-2)11-15(20-13)18-12-16(3)9-7-6-8-10-16/h11H,4-10,12H2,1-3H3,(H2,17,18,19,20). The zero-order chi connectivity index (χ0) is 14.4. The van der Waals surface area contributed by atoms with Crippen LogP contribution in [-0.4, -0.2) is 23.1 Å². The first-order valence-corrected chi connectivity index (χ1v) is 8.01. The van der Waals surface area contributed by atoms with E-state index >= 15 is 0 Å². The van der Waals surface area contributed by atoms with Gasteiger partial charge in [0.2, 0.25) is 0 Å². The molecule has 2 N–H and O–H groups in total. The summed E-state index contributed by atoms with van der Waals surface area (Å²) in [6, 6.07) is 2.02. The molecule has 2 rings (SSSR count). The highest BCUT2D eigenvalue weighted by atomic mass is 15.1. The molecule has 1 aliphatic rings. The van der Waals surface area contributed by atoms with Gasteiger partial charge < -0.3 is 10.6 Å². The van der Waals surface area contributed by atoms with E-state index in [1.54, 1.807) is 0 Å². The normalized spacial score (nSPS) is 17.8. The van der Waals surface area contributed by atoms with E-state index in [4.69, 9.17) is 0 Å². The number of hydrogen-bond acceptors (Lipinski definition) is 4. The van der Waals surface area contributed by atoms with Crippen LogP contribution in [0.5, 0.6) is 0 Å². The fourth-order valence-electron chi connectivity index (χ4n) is 2.90. The molecule has 0 unspecified atom stereocenters. The largest absolute Gasteiger partial charge is 0.370 e. The molecule has 20 heavy (non-hydrogen) atoms. The van der Waals surface area contributed by atoms with Gasteiger partial charge >= 0.3 is 0 Å². The summed E-state index contributed by atoms with van der Waals surface area (Å²) in [6.45, 7) is 8.48. The number of nitrogens with zero attached hydrogens (tertiary/aromatic N) is 2. The Balaban J connectivity index is 2.02. The third kappa shape index (κ3) is 4.09. The number of nitrogens with one attached hydrogen (secondary N) is 2. The average molecular weight is 276 g/mol. The summed E-state index contributed by atoms with van der Waals surface area (Å²) in [6.07, 6.45) is 7.64. The minimum atomic E-state index is 0.425. The molecule has 1 aliphatic carbocycles. The van der Waals surface area contributed by atoms with Gasteiger partial charge in [-0.2, -0.15) is 0 Å². The van der Waals surface area contributed by atoms with Crippen molar-refractivity contribution in [3.05, 3.63) is 11.9 Å². The molecule has 1 aromatic rings. The van der Waals surface area contributed by atoms with Crippen molar-refractivity contribution in [2.45, 2.75) is 59.3 Å². The number of aryl methyl sites for hydroxylation is 1. The maximum absolute atomic E-state index is 4.59. The summed E-state index contributed by atoms with van der Waals surface area (Å²) in [7, 11) is 0. The Labute approximate surface area is 122 Å². The lowest BCUT2D eigenvalue weighted by molar-refractivity contribution is 0.233. The lowest BCUT2D eigenvalue weighted by atomic mass is 9.76. The SMILES string of the molecule is CCNc1cc(NCC2(C)CCCCC2)nc(CC)n1. The van der Waals surface area contributed by atoms with Crippen molar-refractivity contribution in [2.24, 2.45) is 5.41 Å². The predicted octanol–water partition coefficient (Wildman–Crippen LogP) is 3.85. The van der Waals surface area contributed by atoms with Crippen LogP contribution < -0.4 is 10.6 Å². The fraction of sp³-hybridized carbons (Fsp3) is 0.750. The lowest BCUT2D eigenvalue weighted by Crippen LogP contribution is -2.29. The molecule has 0 aliphatic heterocycles. The first-order chi connectivity index (χ1) is 9.65. The van der Waals surface area contributed by atoms with Crippen LogP contribution in [0.4, 0.5) is 11.6 Å². The van der Waals surface area contributed by atoms with Crippen LogP contribution in [0.1, 0.15) is 58.7 Å². The van der Waals surface area contributed by atoms with Crippen molar-refractivity contribution in [3.8, 4) is 0 Å². The Hall–Kier alpha value is -1.32. The lowest BCUT2D eigenvalue weighted by Gasteiger charge is -2.33. The van der Waals surface area contributed by atoms with Gasteiger partial charge in [0.25, 0.3) is 0 Å². The molecular formula is C16H28N4. The second kappa shape index (κ2) is 6.91. The van der Waals surface area contributed by atoms with E-state index in [-0.39, 0.29) is 0 Å². The van der Waals surface area contributed by atoms with Gasteiger partial charge in [-0.05, 0) is 25.2 Å². The van der Waals surface area contributed by atoms with Crippen LogP contribution in [0, 0.1) is 5.41 Å². The quantitative estimate of drug-likeness (QED) is 0.828. The summed E-state index contributed by atoms with van der Waals surface area (Å²) < 4.78 is 0. The smallest absolute Gasteiger partial charge is 0.132 e. The third-order valence-electron chi connectivity index (χ3n) is 4.20. The zero-order valence-corrected chi connectivity index (χ0v) is 13.1. The molecule has 112 valence electrons. The van der Waals surface area contributed by atoms with Crippen LogP contribution in [-0.2, 0) is 6.42 Å². The number of aromatic nitrogens is 2. The monoisotopic (exact) mass is 276 g/mol. The number of rotatable bonds is 6. The molecule has 4 heteroatoms. The van der Waals surface area contributed by atoms with E-state index < -0.39 is 0 Å². The summed E-state index contributed by atoms with van der Waals surface area (Å²) in [4.78, 5) is 9.08. The van der Waals surface area contributed by atoms with E-state index in [0.717, 1.165) is 37.0 Å². The minimum Gasteiger partial charge on any atom is -0.370 e. The van der Waals surface area contributed by atoms with Gasteiger partial charge in [-0.1, -0.05) is 33.1 Å². The molecule has 1 saturated carbocycles. The highest BCUT2D eigenvalue weighted by Crippen LogP contribution is 2.35. The molecule has 0 atom stereocenters. The van der Waals surface area contributed by atoms with Crippen molar-refractivity contribution >= 4 is 11.6 Å². The van der Waals surface area contributed by atoms with Gasteiger partial charge in [0.1, 0.15) is 17.5 Å². The van der Waals surface area contributed by atoms with Gasteiger partial charge in [-0.3, -0.25) is 0 Å². The van der Waals surface area contributed by atoms with Gasteiger partial charge in [0.15, 0.2) is 0 Å². The van der Waals surface area contributed by atoms with Crippen molar-refractivity contribution in [3.63, 3.8) is 0 Å². The van der Waals surface area contributed by atoms with E-state index in [2.05, 4.69) is 41.4 Å². The molecule has 0 radical (unpaired) electrons. The molecule has 4 nitrogen and oxygen atoms in total. The van der Waals surface area contributed by atoms with E-state index in [0.29, 0.717) is 5.41 Å². The number of anilines is 2. The van der Waals surface area contributed by atoms with Gasteiger partial charge in [-0.25, -0.2) is 9.97 Å². The van der Waals surface area contributed by atoms with Gasteiger partial charge in [-0.15, -0.1) is 0 Å². The van der Waals surface area contributed by atoms with Gasteiger partial charge in [0, 0.05) is 25.6 Å². The Morgan fingerprint density at radius 3 is 2.30 bits per heavy atom. The molecule has 0 amide bonds. The topological polar surface area (TPSA) is 49.8 Å². The van der Waals surface area contributed by atoms with Crippen LogP contribution in [0.3, 0.4) is 0 Å². The second-order valence-corrected chi connectivity index (χ2v) is 6.16. The molecule has 0 spiro atoms. The summed E-state index contributed by atoms with van der Waals surface area (Å²) in [5.41, 5.74) is 0.425. The zero-order valence-electron chi connectivity index (χ0n) is 13.1. The van der Waals surface area contributed by atoms with Crippen LogP contribution in [0.2, 0.25) is 0 Å².